The zero-order chi connectivity index (χ0) is 16.2. The largest absolute Gasteiger partial charge is 0.465 e. The van der Waals surface area contributed by atoms with Gasteiger partial charge in [0, 0.05) is 17.8 Å². The van der Waals surface area contributed by atoms with E-state index in [1.807, 2.05) is 43.3 Å². The molecule has 1 atom stereocenters. The van der Waals surface area contributed by atoms with E-state index in [4.69, 9.17) is 4.42 Å². The molecule has 23 heavy (non-hydrogen) atoms. The first-order valence-electron chi connectivity index (χ1n) is 8.06. The van der Waals surface area contributed by atoms with E-state index in [1.165, 1.54) is 5.56 Å². The van der Waals surface area contributed by atoms with Gasteiger partial charge in [0.2, 0.25) is 0 Å². The second kappa shape index (κ2) is 6.87. The quantitative estimate of drug-likeness (QED) is 0.761. The normalized spacial score (nSPS) is 15.2. The summed E-state index contributed by atoms with van der Waals surface area (Å²) in [7, 11) is 0. The van der Waals surface area contributed by atoms with E-state index in [0.29, 0.717) is 12.6 Å². The summed E-state index contributed by atoms with van der Waals surface area (Å²) in [6.45, 7) is 4.74. The number of carbonyl (C=O) groups is 1. The van der Waals surface area contributed by atoms with E-state index < -0.39 is 0 Å². The maximum absolute atomic E-state index is 11.7. The fraction of sp³-hybridized carbons (Fsp3) is 0.389. The number of nitrogens with one attached hydrogen (secondary N) is 3. The van der Waals surface area contributed by atoms with Gasteiger partial charge in [-0.3, -0.25) is 0 Å². The summed E-state index contributed by atoms with van der Waals surface area (Å²) in [5.41, 5.74) is 1.97. The molecule has 1 saturated carbocycles. The van der Waals surface area contributed by atoms with Crippen LogP contribution in [0.3, 0.4) is 0 Å². The third-order valence-electron chi connectivity index (χ3n) is 3.96. The van der Waals surface area contributed by atoms with Gasteiger partial charge < -0.3 is 20.4 Å². The molecule has 0 saturated heterocycles. The standard InChI is InChI=1S/C18H23N3O2/c1-12-3-10-17(23-12)11-19-13(2)14-4-6-15(7-5-14)20-18(22)21-16-8-9-16/h3-7,10,13,16,19H,8-9,11H2,1-2H3,(H2,20,21,22). The molecule has 1 fully saturated rings. The van der Waals surface area contributed by atoms with Gasteiger partial charge in [-0.25, -0.2) is 4.79 Å². The van der Waals surface area contributed by atoms with Crippen molar-refractivity contribution in [1.82, 2.24) is 10.6 Å². The number of aryl methyl sites for hydroxylation is 1. The molecule has 1 unspecified atom stereocenters. The van der Waals surface area contributed by atoms with Crippen LogP contribution in [-0.2, 0) is 6.54 Å². The summed E-state index contributed by atoms with van der Waals surface area (Å²) in [5, 5.41) is 9.19. The van der Waals surface area contributed by atoms with Gasteiger partial charge in [0.15, 0.2) is 0 Å². The monoisotopic (exact) mass is 313 g/mol. The summed E-state index contributed by atoms with van der Waals surface area (Å²) < 4.78 is 5.55. The molecule has 0 spiro atoms. The Morgan fingerprint density at radius 2 is 1.96 bits per heavy atom. The van der Waals surface area contributed by atoms with Gasteiger partial charge in [0.1, 0.15) is 11.5 Å². The lowest BCUT2D eigenvalue weighted by Crippen LogP contribution is -2.30. The van der Waals surface area contributed by atoms with Gasteiger partial charge in [0.05, 0.1) is 6.54 Å². The SMILES string of the molecule is Cc1ccc(CNC(C)c2ccc(NC(=O)NC3CC3)cc2)o1. The third-order valence-corrected chi connectivity index (χ3v) is 3.96. The van der Waals surface area contributed by atoms with Crippen LogP contribution in [0, 0.1) is 6.92 Å². The highest BCUT2D eigenvalue weighted by Gasteiger charge is 2.23. The first kappa shape index (κ1) is 15.6. The molecule has 5 nitrogen and oxygen atoms in total. The zero-order valence-electron chi connectivity index (χ0n) is 13.6. The highest BCUT2D eigenvalue weighted by Crippen LogP contribution is 2.20. The molecule has 0 bridgehead atoms. The van der Waals surface area contributed by atoms with Gasteiger partial charge in [-0.05, 0) is 56.5 Å². The molecule has 1 heterocycles. The van der Waals surface area contributed by atoms with Crippen LogP contribution in [0.25, 0.3) is 0 Å². The summed E-state index contributed by atoms with van der Waals surface area (Å²) in [6.07, 6.45) is 2.18. The molecule has 2 amide bonds. The average Bonchev–Trinajstić information content (AvgIpc) is 3.24. The molecule has 5 heteroatoms. The maximum Gasteiger partial charge on any atom is 0.319 e. The van der Waals surface area contributed by atoms with Crippen LogP contribution >= 0.6 is 0 Å². The van der Waals surface area contributed by atoms with Crippen molar-refractivity contribution in [2.75, 3.05) is 5.32 Å². The Bertz CT molecular complexity index is 659. The molecule has 1 aromatic heterocycles. The van der Waals surface area contributed by atoms with Gasteiger partial charge in [-0.2, -0.15) is 0 Å². The van der Waals surface area contributed by atoms with Crippen LogP contribution in [0.1, 0.15) is 42.9 Å². The second-order valence-electron chi connectivity index (χ2n) is 6.11. The van der Waals surface area contributed by atoms with E-state index in [0.717, 1.165) is 30.0 Å². The molecule has 1 aliphatic carbocycles. The Morgan fingerprint density at radius 1 is 1.22 bits per heavy atom. The van der Waals surface area contributed by atoms with Crippen LogP contribution in [0.4, 0.5) is 10.5 Å². The molecular formula is C18H23N3O2. The van der Waals surface area contributed by atoms with E-state index in [9.17, 15) is 4.79 Å². The first-order valence-corrected chi connectivity index (χ1v) is 8.06. The van der Waals surface area contributed by atoms with Crippen molar-refractivity contribution < 1.29 is 9.21 Å². The molecule has 3 N–H and O–H groups in total. The fourth-order valence-electron chi connectivity index (χ4n) is 2.39. The average molecular weight is 313 g/mol. The minimum atomic E-state index is -0.125. The van der Waals surface area contributed by atoms with Crippen LogP contribution in [-0.4, -0.2) is 12.1 Å². The predicted molar refractivity (Wildman–Crippen MR) is 90.3 cm³/mol. The molecule has 122 valence electrons. The van der Waals surface area contributed by atoms with Crippen molar-refractivity contribution in [1.29, 1.82) is 0 Å². The molecule has 2 aromatic rings. The van der Waals surface area contributed by atoms with Crippen LogP contribution in [0.5, 0.6) is 0 Å². The number of rotatable bonds is 6. The Hall–Kier alpha value is -2.27. The Labute approximate surface area is 136 Å². The molecule has 0 aliphatic heterocycles. The predicted octanol–water partition coefficient (Wildman–Crippen LogP) is 3.72. The lowest BCUT2D eigenvalue weighted by atomic mass is 10.1. The summed E-state index contributed by atoms with van der Waals surface area (Å²) in [4.78, 5) is 11.7. The Kier molecular flexibility index (Phi) is 4.67. The lowest BCUT2D eigenvalue weighted by Gasteiger charge is -2.14. The minimum Gasteiger partial charge on any atom is -0.465 e. The highest BCUT2D eigenvalue weighted by molar-refractivity contribution is 5.89. The number of furan rings is 1. The minimum absolute atomic E-state index is 0.125. The van der Waals surface area contributed by atoms with Crippen molar-refractivity contribution in [3.05, 3.63) is 53.5 Å². The molecule has 3 rings (SSSR count). The number of benzene rings is 1. The van der Waals surface area contributed by atoms with Crippen LogP contribution < -0.4 is 16.0 Å². The zero-order valence-corrected chi connectivity index (χ0v) is 13.6. The van der Waals surface area contributed by atoms with Crippen LogP contribution in [0.2, 0.25) is 0 Å². The highest BCUT2D eigenvalue weighted by atomic mass is 16.3. The van der Waals surface area contributed by atoms with E-state index in [-0.39, 0.29) is 12.1 Å². The van der Waals surface area contributed by atoms with Crippen molar-refractivity contribution in [2.24, 2.45) is 0 Å². The van der Waals surface area contributed by atoms with E-state index in [2.05, 4.69) is 22.9 Å². The Balaban J connectivity index is 1.50. The number of carbonyl (C=O) groups excluding carboxylic acids is 1. The Morgan fingerprint density at radius 3 is 2.57 bits per heavy atom. The first-order chi connectivity index (χ1) is 11.1. The van der Waals surface area contributed by atoms with E-state index in [1.54, 1.807) is 0 Å². The number of hydrogen-bond acceptors (Lipinski definition) is 3. The number of amides is 2. The lowest BCUT2D eigenvalue weighted by molar-refractivity contribution is 0.251. The van der Waals surface area contributed by atoms with Crippen molar-refractivity contribution in [3.63, 3.8) is 0 Å². The van der Waals surface area contributed by atoms with Gasteiger partial charge in [-0.15, -0.1) is 0 Å². The number of anilines is 1. The summed E-state index contributed by atoms with van der Waals surface area (Å²) in [5.74, 6) is 1.86. The molecule has 0 radical (unpaired) electrons. The molecular weight excluding hydrogens is 290 g/mol. The van der Waals surface area contributed by atoms with Crippen molar-refractivity contribution in [3.8, 4) is 0 Å². The second-order valence-corrected chi connectivity index (χ2v) is 6.11. The summed E-state index contributed by atoms with van der Waals surface area (Å²) >= 11 is 0. The van der Waals surface area contributed by atoms with Gasteiger partial charge >= 0.3 is 6.03 Å². The maximum atomic E-state index is 11.7. The molecule has 1 aromatic carbocycles. The smallest absolute Gasteiger partial charge is 0.319 e. The van der Waals surface area contributed by atoms with Gasteiger partial charge in [0.25, 0.3) is 0 Å². The summed E-state index contributed by atoms with van der Waals surface area (Å²) in [6, 6.07) is 12.3. The third kappa shape index (κ3) is 4.60. The fourth-order valence-corrected chi connectivity index (χ4v) is 2.39. The topological polar surface area (TPSA) is 66.3 Å². The van der Waals surface area contributed by atoms with Crippen molar-refractivity contribution >= 4 is 11.7 Å². The van der Waals surface area contributed by atoms with Crippen LogP contribution in [0.15, 0.2) is 40.8 Å². The van der Waals surface area contributed by atoms with Gasteiger partial charge in [-0.1, -0.05) is 12.1 Å². The number of urea groups is 1. The van der Waals surface area contributed by atoms with Crippen molar-refractivity contribution in [2.45, 2.75) is 45.3 Å². The van der Waals surface area contributed by atoms with E-state index >= 15 is 0 Å². The molecule has 1 aliphatic rings. The number of hydrogen-bond donors (Lipinski definition) is 3.